The van der Waals surface area contributed by atoms with Crippen LogP contribution in [0.3, 0.4) is 0 Å². The van der Waals surface area contributed by atoms with Crippen LogP contribution >= 0.6 is 23.2 Å². The van der Waals surface area contributed by atoms with Crippen molar-refractivity contribution >= 4 is 40.6 Å². The Balaban J connectivity index is 1.68. The molecule has 2 N–H and O–H groups in total. The van der Waals surface area contributed by atoms with Crippen LogP contribution < -0.4 is 10.6 Å². The number of nitrogens with zero attached hydrogens (tertiary/aromatic N) is 3. The van der Waals surface area contributed by atoms with Gasteiger partial charge in [0.1, 0.15) is 16.3 Å². The fourth-order valence-electron chi connectivity index (χ4n) is 4.27. The highest BCUT2D eigenvalue weighted by Gasteiger charge is 2.35. The third-order valence-corrected chi connectivity index (χ3v) is 6.25. The summed E-state index contributed by atoms with van der Waals surface area (Å²) in [5, 5.41) is 11.2. The second kappa shape index (κ2) is 9.98. The zero-order valence-corrected chi connectivity index (χ0v) is 21.2. The summed E-state index contributed by atoms with van der Waals surface area (Å²) in [5.74, 6) is 0.402. The number of benzene rings is 1. The Morgan fingerprint density at radius 1 is 1.26 bits per heavy atom. The topological polar surface area (TPSA) is 89.8 Å². The van der Waals surface area contributed by atoms with E-state index in [0.29, 0.717) is 37.2 Å². The molecule has 1 amide bonds. The molecule has 1 aliphatic rings. The van der Waals surface area contributed by atoms with Crippen molar-refractivity contribution in [1.82, 2.24) is 19.9 Å². The van der Waals surface area contributed by atoms with Gasteiger partial charge in [0.15, 0.2) is 5.82 Å². The third-order valence-electron chi connectivity index (χ3n) is 5.72. The lowest BCUT2D eigenvalue weighted by Crippen LogP contribution is -2.46. The predicted molar refractivity (Wildman–Crippen MR) is 133 cm³/mol. The summed E-state index contributed by atoms with van der Waals surface area (Å²) in [7, 11) is 0. The lowest BCUT2D eigenvalue weighted by Gasteiger charge is -2.33. The first kappa shape index (κ1) is 24.6. The van der Waals surface area contributed by atoms with E-state index in [-0.39, 0.29) is 17.2 Å². The lowest BCUT2D eigenvalue weighted by molar-refractivity contribution is 0.0333. The van der Waals surface area contributed by atoms with Crippen molar-refractivity contribution in [2.24, 2.45) is 0 Å². The fourth-order valence-corrected chi connectivity index (χ4v) is 4.83. The minimum absolute atomic E-state index is 0.0786. The maximum absolute atomic E-state index is 12.5. The van der Waals surface area contributed by atoms with Gasteiger partial charge >= 0.3 is 6.09 Å². The van der Waals surface area contributed by atoms with Crippen LogP contribution in [0.4, 0.5) is 10.6 Å². The molecule has 2 aromatic heterocycles. The van der Waals surface area contributed by atoms with E-state index >= 15 is 0 Å². The molecule has 0 aliphatic carbocycles. The van der Waals surface area contributed by atoms with Crippen LogP contribution in [0.5, 0.6) is 0 Å². The quantitative estimate of drug-likeness (QED) is 0.485. The normalized spacial score (nSPS) is 18.6. The summed E-state index contributed by atoms with van der Waals surface area (Å²) in [6, 6.07) is 9.79. The van der Waals surface area contributed by atoms with Gasteiger partial charge in [0.2, 0.25) is 5.28 Å². The number of halogens is 2. The van der Waals surface area contributed by atoms with Gasteiger partial charge in [-0.1, -0.05) is 41.9 Å². The molecule has 0 saturated carbocycles. The molecule has 182 valence electrons. The Morgan fingerprint density at radius 2 is 2.00 bits per heavy atom. The maximum atomic E-state index is 12.5. The van der Waals surface area contributed by atoms with Crippen LogP contribution in [0.1, 0.15) is 49.8 Å². The molecule has 10 heteroatoms. The highest BCUT2D eigenvalue weighted by molar-refractivity contribution is 6.31. The molecule has 0 spiro atoms. The maximum Gasteiger partial charge on any atom is 0.407 e. The van der Waals surface area contributed by atoms with Crippen molar-refractivity contribution in [1.29, 1.82) is 0 Å². The molecular weight excluding hydrogens is 477 g/mol. The molecule has 3 aromatic rings. The molecule has 1 aromatic carbocycles. The number of carbonyl (C=O) groups excluding carboxylic acids is 1. The molecule has 0 bridgehead atoms. The van der Waals surface area contributed by atoms with Crippen molar-refractivity contribution < 1.29 is 14.3 Å². The number of aryl methyl sites for hydroxylation is 1. The second-order valence-electron chi connectivity index (χ2n) is 9.38. The number of fused-ring (bicyclic) bond motifs is 1. The molecule has 1 aliphatic heterocycles. The number of nitrogens with one attached hydrogen (secondary N) is 2. The van der Waals surface area contributed by atoms with E-state index in [4.69, 9.17) is 32.7 Å². The van der Waals surface area contributed by atoms with Gasteiger partial charge < -0.3 is 20.1 Å². The molecule has 2 atom stereocenters. The number of amides is 1. The van der Waals surface area contributed by atoms with Crippen molar-refractivity contribution in [3.63, 3.8) is 0 Å². The summed E-state index contributed by atoms with van der Waals surface area (Å²) in [6.45, 7) is 8.99. The van der Waals surface area contributed by atoms with E-state index in [1.807, 2.05) is 58.0 Å². The van der Waals surface area contributed by atoms with Gasteiger partial charge in [-0.05, 0) is 56.8 Å². The second-order valence-corrected chi connectivity index (χ2v) is 10.1. The lowest BCUT2D eigenvalue weighted by atomic mass is 9.88. The van der Waals surface area contributed by atoms with E-state index in [1.165, 1.54) is 0 Å². The van der Waals surface area contributed by atoms with Crippen LogP contribution in [0.25, 0.3) is 5.52 Å². The molecule has 0 radical (unpaired) electrons. The molecule has 4 rings (SSSR count). The number of rotatable bonds is 5. The standard InChI is InChI=1S/C24H29Cl2N5O3/c1-14-18(16-13-33-11-10-17(16)28-23(32)34-24(2,3)4)20(25)31-19(14)21(29-22(26)30-31)27-12-15-8-6-5-7-9-15/h5-9,16-17H,10-13H2,1-4H3,(H,28,32)(H,27,29,30)/t16-,17-/m0/s1. The Hall–Kier alpha value is -2.55. The van der Waals surface area contributed by atoms with Gasteiger partial charge in [-0.3, -0.25) is 0 Å². The number of anilines is 1. The molecule has 0 unspecified atom stereocenters. The number of alkyl carbamates (subject to hydrolysis) is 1. The van der Waals surface area contributed by atoms with Crippen LogP contribution in [0.2, 0.25) is 10.4 Å². The minimum Gasteiger partial charge on any atom is -0.444 e. The average Bonchev–Trinajstić information content (AvgIpc) is 3.02. The van der Waals surface area contributed by atoms with E-state index < -0.39 is 11.7 Å². The monoisotopic (exact) mass is 505 g/mol. The van der Waals surface area contributed by atoms with Crippen LogP contribution in [0, 0.1) is 6.92 Å². The van der Waals surface area contributed by atoms with E-state index in [9.17, 15) is 4.79 Å². The van der Waals surface area contributed by atoms with Crippen LogP contribution in [0.15, 0.2) is 30.3 Å². The highest BCUT2D eigenvalue weighted by atomic mass is 35.5. The first-order chi connectivity index (χ1) is 16.1. The first-order valence-corrected chi connectivity index (χ1v) is 12.0. The van der Waals surface area contributed by atoms with Gasteiger partial charge in [0.05, 0.1) is 6.61 Å². The first-order valence-electron chi connectivity index (χ1n) is 11.2. The van der Waals surface area contributed by atoms with Crippen LogP contribution in [-0.2, 0) is 16.0 Å². The molecule has 1 fully saturated rings. The average molecular weight is 506 g/mol. The number of hydrogen-bond donors (Lipinski definition) is 2. The Bertz CT molecular complexity index is 1180. The Kier molecular flexibility index (Phi) is 7.21. The SMILES string of the molecule is Cc1c([C@H]2COCC[C@@H]2NC(=O)OC(C)(C)C)c(Cl)n2nc(Cl)nc(NCc3ccccc3)c12. The van der Waals surface area contributed by atoms with Crippen molar-refractivity contribution in [2.75, 3.05) is 18.5 Å². The van der Waals surface area contributed by atoms with Crippen molar-refractivity contribution in [2.45, 2.75) is 58.2 Å². The molecule has 1 saturated heterocycles. The third kappa shape index (κ3) is 5.40. The summed E-state index contributed by atoms with van der Waals surface area (Å²) < 4.78 is 12.9. The molecular formula is C24H29Cl2N5O3. The Labute approximate surface area is 208 Å². The fraction of sp³-hybridized carbons (Fsp3) is 0.458. The van der Waals surface area contributed by atoms with Gasteiger partial charge in [0, 0.05) is 30.7 Å². The summed E-state index contributed by atoms with van der Waals surface area (Å²) >= 11 is 13.1. The van der Waals surface area contributed by atoms with Gasteiger partial charge in [-0.2, -0.15) is 4.98 Å². The van der Waals surface area contributed by atoms with E-state index in [2.05, 4.69) is 20.7 Å². The Morgan fingerprint density at radius 3 is 2.71 bits per heavy atom. The molecule has 3 heterocycles. The zero-order chi connectivity index (χ0) is 24.5. The molecule has 8 nitrogen and oxygen atoms in total. The van der Waals surface area contributed by atoms with Crippen LogP contribution in [-0.4, -0.2) is 45.5 Å². The summed E-state index contributed by atoms with van der Waals surface area (Å²) in [5.41, 5.74) is 3.01. The molecule has 34 heavy (non-hydrogen) atoms. The number of hydrogen-bond acceptors (Lipinski definition) is 6. The number of carbonyl (C=O) groups is 1. The number of ether oxygens (including phenoxy) is 2. The smallest absolute Gasteiger partial charge is 0.407 e. The van der Waals surface area contributed by atoms with Gasteiger partial charge in [-0.25, -0.2) is 9.31 Å². The minimum atomic E-state index is -0.588. The predicted octanol–water partition coefficient (Wildman–Crippen LogP) is 5.35. The summed E-state index contributed by atoms with van der Waals surface area (Å²) in [6.07, 6.45) is 0.173. The number of aromatic nitrogens is 3. The van der Waals surface area contributed by atoms with Crippen molar-refractivity contribution in [3.8, 4) is 0 Å². The zero-order valence-electron chi connectivity index (χ0n) is 19.7. The van der Waals surface area contributed by atoms with Gasteiger partial charge in [-0.15, -0.1) is 5.10 Å². The van der Waals surface area contributed by atoms with Crippen molar-refractivity contribution in [3.05, 3.63) is 57.5 Å². The highest BCUT2D eigenvalue weighted by Crippen LogP contribution is 2.39. The van der Waals surface area contributed by atoms with E-state index in [1.54, 1.807) is 4.52 Å². The largest absolute Gasteiger partial charge is 0.444 e. The summed E-state index contributed by atoms with van der Waals surface area (Å²) in [4.78, 5) is 16.9. The van der Waals surface area contributed by atoms with Gasteiger partial charge in [0.25, 0.3) is 0 Å². The van der Waals surface area contributed by atoms with E-state index in [0.717, 1.165) is 22.2 Å².